The van der Waals surface area contributed by atoms with Crippen molar-refractivity contribution in [2.75, 3.05) is 7.11 Å². The molecule has 0 saturated heterocycles. The van der Waals surface area contributed by atoms with Crippen LogP contribution >= 0.6 is 0 Å². The Bertz CT molecular complexity index is 936. The molecular weight excluding hydrogens is 372 g/mol. The van der Waals surface area contributed by atoms with Gasteiger partial charge in [-0.15, -0.1) is 0 Å². The van der Waals surface area contributed by atoms with E-state index in [-0.39, 0.29) is 11.9 Å². The van der Waals surface area contributed by atoms with Crippen LogP contribution in [0.2, 0.25) is 0 Å². The average Bonchev–Trinajstić information content (AvgIpc) is 3.38. The number of hydrogen-bond donors (Lipinski definition) is 1. The van der Waals surface area contributed by atoms with E-state index in [9.17, 15) is 4.79 Å². The van der Waals surface area contributed by atoms with Crippen molar-refractivity contribution in [3.05, 3.63) is 42.3 Å². The number of nitrogens with one attached hydrogen (secondary N) is 1. The van der Waals surface area contributed by atoms with Gasteiger partial charge in [-0.3, -0.25) is 4.79 Å². The van der Waals surface area contributed by atoms with Crippen LogP contribution in [0.25, 0.3) is 11.4 Å². The van der Waals surface area contributed by atoms with E-state index in [1.54, 1.807) is 7.11 Å². The van der Waals surface area contributed by atoms with E-state index in [2.05, 4.69) is 32.5 Å². The third-order valence-electron chi connectivity index (χ3n) is 4.44. The second-order valence-corrected chi connectivity index (χ2v) is 6.73. The molecule has 0 radical (unpaired) electrons. The molecule has 0 aliphatic heterocycles. The van der Waals surface area contributed by atoms with E-state index < -0.39 is 0 Å². The molecule has 9 nitrogen and oxygen atoms in total. The highest BCUT2D eigenvalue weighted by atomic mass is 16.5. The molecule has 0 saturated carbocycles. The molecule has 3 aromatic rings. The van der Waals surface area contributed by atoms with Crippen molar-refractivity contribution in [2.45, 2.75) is 52.1 Å². The lowest BCUT2D eigenvalue weighted by Crippen LogP contribution is -2.28. The predicted molar refractivity (Wildman–Crippen MR) is 106 cm³/mol. The van der Waals surface area contributed by atoms with Crippen molar-refractivity contribution in [3.8, 4) is 17.1 Å². The number of amides is 1. The third-order valence-corrected chi connectivity index (χ3v) is 4.44. The predicted octanol–water partition coefficient (Wildman–Crippen LogP) is 2.95. The van der Waals surface area contributed by atoms with Gasteiger partial charge in [0.05, 0.1) is 13.2 Å². The largest absolute Gasteiger partial charge is 0.497 e. The summed E-state index contributed by atoms with van der Waals surface area (Å²) in [6.45, 7) is 4.76. The molecule has 1 atom stereocenters. The molecule has 3 rings (SSSR count). The summed E-state index contributed by atoms with van der Waals surface area (Å²) in [5.41, 5.74) is 0.821. The van der Waals surface area contributed by atoms with Gasteiger partial charge >= 0.3 is 0 Å². The van der Waals surface area contributed by atoms with E-state index >= 15 is 0 Å². The van der Waals surface area contributed by atoms with Gasteiger partial charge in [0.25, 0.3) is 0 Å². The van der Waals surface area contributed by atoms with E-state index in [1.807, 2.05) is 35.9 Å². The number of methoxy groups -OCH3 is 1. The van der Waals surface area contributed by atoms with Crippen LogP contribution in [0.5, 0.6) is 5.75 Å². The topological polar surface area (TPSA) is 108 Å². The Morgan fingerprint density at radius 3 is 3.03 bits per heavy atom. The molecule has 9 heteroatoms. The zero-order chi connectivity index (χ0) is 20.6. The molecule has 1 aromatic carbocycles. The van der Waals surface area contributed by atoms with Gasteiger partial charge in [0, 0.05) is 24.9 Å². The number of benzene rings is 1. The van der Waals surface area contributed by atoms with Gasteiger partial charge in [-0.25, -0.2) is 9.67 Å². The Hall–Kier alpha value is -3.23. The molecule has 1 N–H and O–H groups in total. The fourth-order valence-electron chi connectivity index (χ4n) is 3.01. The maximum absolute atomic E-state index is 12.3. The van der Waals surface area contributed by atoms with Crippen molar-refractivity contribution in [1.82, 2.24) is 30.2 Å². The lowest BCUT2D eigenvalue weighted by atomic mass is 10.2. The summed E-state index contributed by atoms with van der Waals surface area (Å²) < 4.78 is 12.3. The summed E-state index contributed by atoms with van der Waals surface area (Å²) in [6, 6.07) is 7.27. The molecule has 2 heterocycles. The highest BCUT2D eigenvalue weighted by molar-refractivity contribution is 5.76. The fraction of sp³-hybridized carbons (Fsp3) is 0.450. The highest BCUT2D eigenvalue weighted by Gasteiger charge is 2.16. The minimum atomic E-state index is -0.195. The van der Waals surface area contributed by atoms with Crippen LogP contribution in [0.1, 0.15) is 50.9 Å². The quantitative estimate of drug-likeness (QED) is 0.559. The van der Waals surface area contributed by atoms with Crippen LogP contribution in [0.15, 0.2) is 35.1 Å². The number of rotatable bonds is 10. The molecule has 0 aliphatic carbocycles. The Morgan fingerprint density at radius 1 is 1.38 bits per heavy atom. The zero-order valence-electron chi connectivity index (χ0n) is 17.0. The molecule has 29 heavy (non-hydrogen) atoms. The number of carbonyl (C=O) groups excluding carboxylic acids is 1. The standard InChI is InChI=1S/C20H26N6O3/c1-4-11-26-20(21-13-22-26)14(2)23-17(27)9-6-10-18-24-19(25-29-18)15-7-5-8-16(12-15)28-3/h5,7-8,12-14H,4,6,9-11H2,1-3H3,(H,23,27)/t14-/m0/s1. The Morgan fingerprint density at radius 2 is 2.24 bits per heavy atom. The third kappa shape index (κ3) is 5.40. The Balaban J connectivity index is 1.48. The normalized spacial score (nSPS) is 12.0. The first-order valence-corrected chi connectivity index (χ1v) is 9.74. The summed E-state index contributed by atoms with van der Waals surface area (Å²) in [6.07, 6.45) is 3.98. The molecule has 0 spiro atoms. The summed E-state index contributed by atoms with van der Waals surface area (Å²) in [5, 5.41) is 11.2. The van der Waals surface area contributed by atoms with E-state index in [4.69, 9.17) is 9.26 Å². The molecule has 0 unspecified atom stereocenters. The van der Waals surface area contributed by atoms with Gasteiger partial charge in [0.15, 0.2) is 0 Å². The van der Waals surface area contributed by atoms with Crippen LogP contribution in [0.3, 0.4) is 0 Å². The van der Waals surface area contributed by atoms with Crippen LogP contribution in [0, 0.1) is 0 Å². The summed E-state index contributed by atoms with van der Waals surface area (Å²) in [7, 11) is 1.61. The second kappa shape index (κ2) is 9.81. The lowest BCUT2D eigenvalue weighted by Gasteiger charge is -2.14. The Labute approximate surface area is 169 Å². The Kier molecular flexibility index (Phi) is 6.94. The van der Waals surface area contributed by atoms with Gasteiger partial charge in [0.1, 0.15) is 17.9 Å². The van der Waals surface area contributed by atoms with E-state index in [1.165, 1.54) is 6.33 Å². The van der Waals surface area contributed by atoms with Crippen LogP contribution in [-0.4, -0.2) is 37.9 Å². The fourth-order valence-corrected chi connectivity index (χ4v) is 3.01. The van der Waals surface area contributed by atoms with Crippen molar-refractivity contribution in [1.29, 1.82) is 0 Å². The van der Waals surface area contributed by atoms with Gasteiger partial charge in [0.2, 0.25) is 17.6 Å². The number of hydrogen-bond acceptors (Lipinski definition) is 7. The first-order chi connectivity index (χ1) is 14.1. The van der Waals surface area contributed by atoms with E-state index in [0.717, 1.165) is 30.1 Å². The van der Waals surface area contributed by atoms with Crippen LogP contribution in [-0.2, 0) is 17.8 Å². The molecule has 0 aliphatic rings. The first-order valence-electron chi connectivity index (χ1n) is 9.74. The van der Waals surface area contributed by atoms with Gasteiger partial charge in [-0.1, -0.05) is 24.2 Å². The summed E-state index contributed by atoms with van der Waals surface area (Å²) in [5.74, 6) is 2.46. The lowest BCUT2D eigenvalue weighted by molar-refractivity contribution is -0.121. The number of aryl methyl sites for hydroxylation is 2. The van der Waals surface area contributed by atoms with Crippen molar-refractivity contribution >= 4 is 5.91 Å². The maximum Gasteiger partial charge on any atom is 0.226 e. The summed E-state index contributed by atoms with van der Waals surface area (Å²) in [4.78, 5) is 20.9. The zero-order valence-corrected chi connectivity index (χ0v) is 17.0. The maximum atomic E-state index is 12.3. The van der Waals surface area contributed by atoms with Gasteiger partial charge in [-0.2, -0.15) is 10.1 Å². The minimum absolute atomic E-state index is 0.0453. The molecular formula is C20H26N6O3. The molecule has 1 amide bonds. The molecule has 154 valence electrons. The molecule has 0 bridgehead atoms. The van der Waals surface area contributed by atoms with Crippen molar-refractivity contribution in [2.24, 2.45) is 0 Å². The second-order valence-electron chi connectivity index (χ2n) is 6.73. The smallest absolute Gasteiger partial charge is 0.226 e. The number of nitrogens with zero attached hydrogens (tertiary/aromatic N) is 5. The number of carbonyl (C=O) groups is 1. The average molecular weight is 398 g/mol. The SMILES string of the molecule is CCCn1ncnc1[C@H](C)NC(=O)CCCc1nc(-c2cccc(OC)c2)no1. The molecule has 0 fully saturated rings. The van der Waals surface area contributed by atoms with Crippen LogP contribution < -0.4 is 10.1 Å². The first kappa shape index (κ1) is 20.5. The minimum Gasteiger partial charge on any atom is -0.497 e. The number of aromatic nitrogens is 5. The summed E-state index contributed by atoms with van der Waals surface area (Å²) >= 11 is 0. The van der Waals surface area contributed by atoms with Crippen molar-refractivity contribution in [3.63, 3.8) is 0 Å². The van der Waals surface area contributed by atoms with Crippen LogP contribution in [0.4, 0.5) is 0 Å². The number of ether oxygens (including phenoxy) is 1. The van der Waals surface area contributed by atoms with Crippen molar-refractivity contribution < 1.29 is 14.1 Å². The monoisotopic (exact) mass is 398 g/mol. The highest BCUT2D eigenvalue weighted by Crippen LogP contribution is 2.21. The molecule has 2 aromatic heterocycles. The van der Waals surface area contributed by atoms with Gasteiger partial charge < -0.3 is 14.6 Å². The van der Waals surface area contributed by atoms with E-state index in [0.29, 0.717) is 31.0 Å². The van der Waals surface area contributed by atoms with Gasteiger partial charge in [-0.05, 0) is 31.9 Å².